The zero-order chi connectivity index (χ0) is 27.0. The molecule has 5 atom stereocenters. The topological polar surface area (TPSA) is 165 Å². The molecule has 37 heavy (non-hydrogen) atoms. The van der Waals surface area contributed by atoms with Crippen LogP contribution < -0.4 is 4.74 Å². The molecule has 12 heteroatoms. The summed E-state index contributed by atoms with van der Waals surface area (Å²) in [6.07, 6.45) is -9.87. The first-order valence-corrected chi connectivity index (χ1v) is 11.5. The number of ether oxygens (including phenoxy) is 3. The Bertz CT molecular complexity index is 1350. The van der Waals surface area contributed by atoms with Gasteiger partial charge in [-0.25, -0.2) is 4.79 Å². The van der Waals surface area contributed by atoms with E-state index in [2.05, 4.69) is 0 Å². The van der Waals surface area contributed by atoms with Crippen LogP contribution in [-0.4, -0.2) is 80.7 Å². The first kappa shape index (κ1) is 26.6. The number of hydrogen-bond donors (Lipinski definition) is 4. The van der Waals surface area contributed by atoms with E-state index in [1.807, 2.05) is 0 Å². The molecule has 3 aromatic rings. The second-order valence-electron chi connectivity index (χ2n) is 8.50. The minimum Gasteiger partial charge on any atom is -0.497 e. The SMILES string of the molecule is COc1ccc2c(c1)c(CC(=O)O[C@@H]1O[C@H](C(=O)O)[C@@H](O)[C@H](O)[C@H]1O)c(C)n2C(=O)c1ccc(Cl)cc1. The van der Waals surface area contributed by atoms with Crippen LogP contribution in [0.4, 0.5) is 0 Å². The number of carbonyl (C=O) groups excluding carboxylic acids is 2. The monoisotopic (exact) mass is 533 g/mol. The zero-order valence-corrected chi connectivity index (χ0v) is 20.5. The van der Waals surface area contributed by atoms with Gasteiger partial charge in [0.1, 0.15) is 24.1 Å². The van der Waals surface area contributed by atoms with Crippen LogP contribution in [0, 0.1) is 6.92 Å². The number of halogens is 1. The fourth-order valence-electron chi connectivity index (χ4n) is 4.26. The molecule has 0 radical (unpaired) electrons. The van der Waals surface area contributed by atoms with Gasteiger partial charge < -0.3 is 34.6 Å². The van der Waals surface area contributed by atoms with Gasteiger partial charge in [0.25, 0.3) is 5.91 Å². The normalized spacial score (nSPS) is 23.6. The van der Waals surface area contributed by atoms with Crippen molar-refractivity contribution in [1.82, 2.24) is 4.57 Å². The molecule has 1 aliphatic heterocycles. The average molecular weight is 534 g/mol. The Kier molecular flexibility index (Phi) is 7.53. The van der Waals surface area contributed by atoms with Gasteiger partial charge in [-0.2, -0.15) is 0 Å². The van der Waals surface area contributed by atoms with Crippen molar-refractivity contribution in [3.63, 3.8) is 0 Å². The van der Waals surface area contributed by atoms with Gasteiger partial charge >= 0.3 is 11.9 Å². The van der Waals surface area contributed by atoms with E-state index >= 15 is 0 Å². The van der Waals surface area contributed by atoms with Crippen molar-refractivity contribution in [2.24, 2.45) is 0 Å². The number of hydrogen-bond acceptors (Lipinski definition) is 9. The Morgan fingerprint density at radius 3 is 2.32 bits per heavy atom. The second-order valence-corrected chi connectivity index (χ2v) is 8.93. The molecule has 1 fully saturated rings. The van der Waals surface area contributed by atoms with Gasteiger partial charge in [0.05, 0.1) is 19.0 Å². The Hall–Kier alpha value is -3.48. The van der Waals surface area contributed by atoms with Crippen molar-refractivity contribution < 1.29 is 49.0 Å². The summed E-state index contributed by atoms with van der Waals surface area (Å²) in [6.45, 7) is 1.65. The Labute approximate surface area is 215 Å². The van der Waals surface area contributed by atoms with Gasteiger partial charge in [0.15, 0.2) is 6.10 Å². The molecular weight excluding hydrogens is 510 g/mol. The molecule has 0 bridgehead atoms. The molecule has 196 valence electrons. The third-order valence-corrected chi connectivity index (χ3v) is 6.47. The van der Waals surface area contributed by atoms with Gasteiger partial charge in [-0.1, -0.05) is 11.6 Å². The summed E-state index contributed by atoms with van der Waals surface area (Å²) in [5.74, 6) is -2.42. The highest BCUT2D eigenvalue weighted by atomic mass is 35.5. The summed E-state index contributed by atoms with van der Waals surface area (Å²) in [5.41, 5.74) is 1.71. The number of aliphatic hydroxyl groups is 3. The number of fused-ring (bicyclic) bond motifs is 1. The van der Waals surface area contributed by atoms with Crippen LogP contribution in [0.15, 0.2) is 42.5 Å². The third-order valence-electron chi connectivity index (χ3n) is 6.22. The number of esters is 1. The van der Waals surface area contributed by atoms with E-state index in [0.717, 1.165) is 0 Å². The Morgan fingerprint density at radius 1 is 1.03 bits per heavy atom. The van der Waals surface area contributed by atoms with E-state index in [4.69, 9.17) is 25.8 Å². The summed E-state index contributed by atoms with van der Waals surface area (Å²) in [5, 5.41) is 40.1. The molecule has 4 N–H and O–H groups in total. The molecule has 0 amide bonds. The second kappa shape index (κ2) is 10.5. The summed E-state index contributed by atoms with van der Waals surface area (Å²) in [4.78, 5) is 37.6. The first-order valence-electron chi connectivity index (χ1n) is 11.1. The summed E-state index contributed by atoms with van der Waals surface area (Å²) in [6, 6.07) is 11.3. The molecular formula is C25H24ClNO10. The van der Waals surface area contributed by atoms with Crippen molar-refractivity contribution in [2.45, 2.75) is 44.1 Å². The van der Waals surface area contributed by atoms with Gasteiger partial charge in [0.2, 0.25) is 6.29 Å². The van der Waals surface area contributed by atoms with Gasteiger partial charge in [0, 0.05) is 21.7 Å². The lowest BCUT2D eigenvalue weighted by Gasteiger charge is -2.37. The van der Waals surface area contributed by atoms with Crippen molar-refractivity contribution >= 4 is 40.3 Å². The molecule has 0 spiro atoms. The number of carbonyl (C=O) groups is 3. The molecule has 1 aliphatic rings. The van der Waals surface area contributed by atoms with E-state index in [9.17, 15) is 34.8 Å². The van der Waals surface area contributed by atoms with Crippen LogP contribution in [0.1, 0.15) is 21.6 Å². The molecule has 0 saturated carbocycles. The van der Waals surface area contributed by atoms with Crippen molar-refractivity contribution in [3.05, 3.63) is 64.3 Å². The maximum absolute atomic E-state index is 13.4. The lowest BCUT2D eigenvalue weighted by atomic mass is 9.99. The molecule has 1 aromatic heterocycles. The fraction of sp³-hybridized carbons (Fsp3) is 0.320. The number of benzene rings is 2. The lowest BCUT2D eigenvalue weighted by molar-refractivity contribution is -0.286. The van der Waals surface area contributed by atoms with Crippen LogP contribution in [0.5, 0.6) is 5.75 Å². The summed E-state index contributed by atoms with van der Waals surface area (Å²) >= 11 is 5.94. The van der Waals surface area contributed by atoms with Crippen LogP contribution >= 0.6 is 11.6 Å². The highest BCUT2D eigenvalue weighted by Crippen LogP contribution is 2.31. The van der Waals surface area contributed by atoms with Crippen LogP contribution in [0.2, 0.25) is 5.02 Å². The van der Waals surface area contributed by atoms with Gasteiger partial charge in [-0.15, -0.1) is 0 Å². The number of rotatable bonds is 6. The highest BCUT2D eigenvalue weighted by molar-refractivity contribution is 6.30. The van der Waals surface area contributed by atoms with Crippen molar-refractivity contribution in [3.8, 4) is 5.75 Å². The number of carboxylic acid groups (broad SMARTS) is 1. The van der Waals surface area contributed by atoms with E-state index in [0.29, 0.717) is 38.5 Å². The summed E-state index contributed by atoms with van der Waals surface area (Å²) < 4.78 is 16.9. The molecule has 1 saturated heterocycles. The van der Waals surface area contributed by atoms with Gasteiger partial charge in [-0.3, -0.25) is 14.2 Å². The number of carboxylic acids is 1. The largest absolute Gasteiger partial charge is 0.497 e. The standard InChI is InChI=1S/C25H24ClNO10/c1-11-15(10-18(28)36-25-21(31)19(29)20(30)22(37-25)24(33)34)16-9-14(35-2)7-8-17(16)27(11)23(32)12-3-5-13(26)6-4-12/h3-9,19-22,25,29-31H,10H2,1-2H3,(H,33,34)/t19-,20-,21+,22-,25+/m0/s1. The molecule has 2 heterocycles. The average Bonchev–Trinajstić information content (AvgIpc) is 3.14. The van der Waals surface area contributed by atoms with E-state index < -0.39 is 42.6 Å². The van der Waals surface area contributed by atoms with Crippen LogP contribution in [-0.2, 0) is 25.5 Å². The van der Waals surface area contributed by atoms with E-state index in [1.54, 1.807) is 49.4 Å². The summed E-state index contributed by atoms with van der Waals surface area (Å²) in [7, 11) is 1.47. The quantitative estimate of drug-likeness (QED) is 0.339. The van der Waals surface area contributed by atoms with Crippen LogP contribution in [0.3, 0.4) is 0 Å². The number of nitrogens with zero attached hydrogens (tertiary/aromatic N) is 1. The molecule has 11 nitrogen and oxygen atoms in total. The fourth-order valence-corrected chi connectivity index (χ4v) is 4.39. The number of aromatic nitrogens is 1. The van der Waals surface area contributed by atoms with E-state index in [1.165, 1.54) is 11.7 Å². The van der Waals surface area contributed by atoms with Crippen molar-refractivity contribution in [2.75, 3.05) is 7.11 Å². The maximum Gasteiger partial charge on any atom is 0.335 e. The minimum atomic E-state index is -1.92. The predicted octanol–water partition coefficient (Wildman–Crippen LogP) is 1.28. The lowest BCUT2D eigenvalue weighted by Crippen LogP contribution is -2.60. The molecule has 2 aromatic carbocycles. The minimum absolute atomic E-state index is 0.361. The van der Waals surface area contributed by atoms with Gasteiger partial charge in [-0.05, 0) is 55.0 Å². The van der Waals surface area contributed by atoms with Crippen molar-refractivity contribution in [1.29, 1.82) is 0 Å². The van der Waals surface area contributed by atoms with E-state index in [-0.39, 0.29) is 12.3 Å². The molecule has 0 aliphatic carbocycles. The number of methoxy groups -OCH3 is 1. The Morgan fingerprint density at radius 2 is 1.70 bits per heavy atom. The predicted molar refractivity (Wildman–Crippen MR) is 129 cm³/mol. The molecule has 4 rings (SSSR count). The smallest absolute Gasteiger partial charge is 0.335 e. The zero-order valence-electron chi connectivity index (χ0n) is 19.7. The third kappa shape index (κ3) is 5.04. The first-order chi connectivity index (χ1) is 17.5. The number of aliphatic hydroxyl groups excluding tert-OH is 3. The maximum atomic E-state index is 13.4. The van der Waals surface area contributed by atoms with Crippen LogP contribution in [0.25, 0.3) is 10.9 Å². The number of aliphatic carboxylic acids is 1. The highest BCUT2D eigenvalue weighted by Gasteiger charge is 2.48. The molecule has 0 unspecified atom stereocenters. The Balaban J connectivity index is 1.67.